The molecule has 136 valence electrons. The van der Waals surface area contributed by atoms with Crippen molar-refractivity contribution in [2.45, 2.75) is 17.8 Å². The standard InChI is InChI=1S/C19H15F2N5S/c1-12-10-17(23-16-8-6-15(21)7-9-16)26-18(22-12)24-19(25-26)27-11-13-2-4-14(20)5-3-13/h2-10,23H,11H2,1H3. The number of halogens is 2. The lowest BCUT2D eigenvalue weighted by Gasteiger charge is -2.08. The van der Waals surface area contributed by atoms with Gasteiger partial charge in [0.2, 0.25) is 5.16 Å². The van der Waals surface area contributed by atoms with Gasteiger partial charge in [0.1, 0.15) is 17.5 Å². The Morgan fingerprint density at radius 3 is 2.33 bits per heavy atom. The lowest BCUT2D eigenvalue weighted by Crippen LogP contribution is -2.02. The van der Waals surface area contributed by atoms with Crippen LogP contribution in [0.3, 0.4) is 0 Å². The fraction of sp³-hybridized carbons (Fsp3) is 0.105. The second-order valence-electron chi connectivity index (χ2n) is 5.94. The van der Waals surface area contributed by atoms with E-state index in [1.165, 1.54) is 36.0 Å². The van der Waals surface area contributed by atoms with Crippen molar-refractivity contribution in [1.29, 1.82) is 0 Å². The van der Waals surface area contributed by atoms with Crippen LogP contribution in [0.5, 0.6) is 0 Å². The number of thioether (sulfide) groups is 1. The minimum absolute atomic E-state index is 0.259. The van der Waals surface area contributed by atoms with E-state index in [1.54, 1.807) is 28.8 Å². The number of aryl methyl sites for hydroxylation is 1. The third kappa shape index (κ3) is 4.06. The van der Waals surface area contributed by atoms with Crippen LogP contribution in [0.2, 0.25) is 0 Å². The maximum atomic E-state index is 13.1. The van der Waals surface area contributed by atoms with Crippen LogP contribution < -0.4 is 5.32 Å². The first-order chi connectivity index (χ1) is 13.1. The molecule has 27 heavy (non-hydrogen) atoms. The zero-order chi connectivity index (χ0) is 18.8. The van der Waals surface area contributed by atoms with Crippen molar-refractivity contribution in [2.24, 2.45) is 0 Å². The van der Waals surface area contributed by atoms with E-state index in [4.69, 9.17) is 0 Å². The summed E-state index contributed by atoms with van der Waals surface area (Å²) in [6.07, 6.45) is 0. The minimum atomic E-state index is -0.295. The molecule has 0 saturated carbocycles. The second-order valence-corrected chi connectivity index (χ2v) is 6.88. The Labute approximate surface area is 158 Å². The number of nitrogens with one attached hydrogen (secondary N) is 1. The van der Waals surface area contributed by atoms with Crippen molar-refractivity contribution in [3.05, 3.63) is 77.5 Å². The number of aromatic nitrogens is 4. The highest BCUT2D eigenvalue weighted by Gasteiger charge is 2.11. The number of benzene rings is 2. The van der Waals surface area contributed by atoms with Crippen LogP contribution in [0.1, 0.15) is 11.3 Å². The van der Waals surface area contributed by atoms with Gasteiger partial charge in [-0.05, 0) is 48.9 Å². The Bertz CT molecular complexity index is 1080. The lowest BCUT2D eigenvalue weighted by molar-refractivity contribution is 0.627. The lowest BCUT2D eigenvalue weighted by atomic mass is 10.2. The molecule has 0 aliphatic carbocycles. The molecule has 8 heteroatoms. The summed E-state index contributed by atoms with van der Waals surface area (Å²) in [7, 11) is 0. The van der Waals surface area contributed by atoms with Crippen LogP contribution in [-0.4, -0.2) is 19.6 Å². The van der Waals surface area contributed by atoms with E-state index in [-0.39, 0.29) is 11.6 Å². The maximum absolute atomic E-state index is 13.1. The highest BCUT2D eigenvalue weighted by Crippen LogP contribution is 2.23. The number of hydrogen-bond acceptors (Lipinski definition) is 5. The summed E-state index contributed by atoms with van der Waals surface area (Å²) >= 11 is 1.45. The van der Waals surface area contributed by atoms with Gasteiger partial charge < -0.3 is 5.32 Å². The normalized spacial score (nSPS) is 11.1. The summed E-state index contributed by atoms with van der Waals surface area (Å²) in [5, 5.41) is 8.28. The molecule has 0 aliphatic rings. The largest absolute Gasteiger partial charge is 0.340 e. The van der Waals surface area contributed by atoms with Crippen molar-refractivity contribution in [2.75, 3.05) is 5.32 Å². The molecule has 0 unspecified atom stereocenters. The zero-order valence-electron chi connectivity index (χ0n) is 14.4. The number of anilines is 2. The van der Waals surface area contributed by atoms with E-state index in [0.29, 0.717) is 22.5 Å². The predicted octanol–water partition coefficient (Wildman–Crippen LogP) is 4.75. The first-order valence-corrected chi connectivity index (χ1v) is 9.20. The number of hydrogen-bond donors (Lipinski definition) is 1. The van der Waals surface area contributed by atoms with Crippen LogP contribution in [0.25, 0.3) is 5.78 Å². The van der Waals surface area contributed by atoms with Gasteiger partial charge in [0.05, 0.1) is 0 Å². The van der Waals surface area contributed by atoms with Gasteiger partial charge in [-0.3, -0.25) is 0 Å². The van der Waals surface area contributed by atoms with Gasteiger partial charge in [-0.15, -0.1) is 5.10 Å². The molecule has 2 aromatic heterocycles. The fourth-order valence-corrected chi connectivity index (χ4v) is 3.30. The molecule has 5 nitrogen and oxygen atoms in total. The minimum Gasteiger partial charge on any atom is -0.340 e. The van der Waals surface area contributed by atoms with Crippen molar-refractivity contribution >= 4 is 29.0 Å². The van der Waals surface area contributed by atoms with Gasteiger partial charge in [0, 0.05) is 23.2 Å². The SMILES string of the molecule is Cc1cc(Nc2ccc(F)cc2)n2nc(SCc3ccc(F)cc3)nc2n1. The Morgan fingerprint density at radius 2 is 1.63 bits per heavy atom. The highest BCUT2D eigenvalue weighted by molar-refractivity contribution is 7.98. The van der Waals surface area contributed by atoms with Gasteiger partial charge in [-0.1, -0.05) is 23.9 Å². The second kappa shape index (κ2) is 7.32. The summed E-state index contributed by atoms with van der Waals surface area (Å²) in [6, 6.07) is 14.3. The number of nitrogens with zero attached hydrogens (tertiary/aromatic N) is 4. The van der Waals surface area contributed by atoms with E-state index in [9.17, 15) is 8.78 Å². The van der Waals surface area contributed by atoms with Crippen LogP contribution in [-0.2, 0) is 5.75 Å². The average molecular weight is 383 g/mol. The van der Waals surface area contributed by atoms with Crippen LogP contribution >= 0.6 is 11.8 Å². The summed E-state index contributed by atoms with van der Waals surface area (Å²) in [5.41, 5.74) is 2.50. The molecule has 4 aromatic rings. The maximum Gasteiger partial charge on any atom is 0.255 e. The molecule has 0 bridgehead atoms. The van der Waals surface area contributed by atoms with Gasteiger partial charge >= 0.3 is 0 Å². The van der Waals surface area contributed by atoms with Crippen molar-refractivity contribution in [3.63, 3.8) is 0 Å². The fourth-order valence-electron chi connectivity index (χ4n) is 2.53. The van der Waals surface area contributed by atoms with Crippen LogP contribution in [0, 0.1) is 18.6 Å². The zero-order valence-corrected chi connectivity index (χ0v) is 15.2. The summed E-state index contributed by atoms with van der Waals surface area (Å²) in [5.74, 6) is 1.23. The predicted molar refractivity (Wildman–Crippen MR) is 101 cm³/mol. The van der Waals surface area contributed by atoms with Gasteiger partial charge in [0.15, 0.2) is 0 Å². The molecule has 2 aromatic carbocycles. The van der Waals surface area contributed by atoms with Crippen LogP contribution in [0.15, 0.2) is 59.8 Å². The van der Waals surface area contributed by atoms with E-state index in [2.05, 4.69) is 20.4 Å². The molecule has 0 amide bonds. The van der Waals surface area contributed by atoms with E-state index in [1.807, 2.05) is 13.0 Å². The van der Waals surface area contributed by atoms with E-state index in [0.717, 1.165) is 16.9 Å². The van der Waals surface area contributed by atoms with Crippen molar-refractivity contribution in [1.82, 2.24) is 19.6 Å². The number of fused-ring (bicyclic) bond motifs is 1. The summed E-state index contributed by atoms with van der Waals surface area (Å²) in [6.45, 7) is 1.87. The molecule has 4 rings (SSSR count). The summed E-state index contributed by atoms with van der Waals surface area (Å²) in [4.78, 5) is 8.86. The quantitative estimate of drug-likeness (QED) is 0.504. The third-order valence-corrected chi connectivity index (χ3v) is 4.73. The summed E-state index contributed by atoms with van der Waals surface area (Å²) < 4.78 is 27.7. The monoisotopic (exact) mass is 383 g/mol. The molecule has 0 spiro atoms. The van der Waals surface area contributed by atoms with Gasteiger partial charge in [0.25, 0.3) is 5.78 Å². The Kier molecular flexibility index (Phi) is 4.72. The highest BCUT2D eigenvalue weighted by atomic mass is 32.2. The Hall–Kier alpha value is -3.00. The molecule has 0 fully saturated rings. The Morgan fingerprint density at radius 1 is 0.963 bits per heavy atom. The number of rotatable bonds is 5. The Balaban J connectivity index is 1.59. The molecule has 0 saturated heterocycles. The first-order valence-electron chi connectivity index (χ1n) is 8.21. The van der Waals surface area contributed by atoms with Crippen molar-refractivity contribution in [3.8, 4) is 0 Å². The molecule has 0 aliphatic heterocycles. The van der Waals surface area contributed by atoms with Gasteiger partial charge in [-0.2, -0.15) is 9.50 Å². The topological polar surface area (TPSA) is 55.1 Å². The average Bonchev–Trinajstić information content (AvgIpc) is 3.06. The molecule has 0 atom stereocenters. The van der Waals surface area contributed by atoms with Gasteiger partial charge in [-0.25, -0.2) is 13.8 Å². The van der Waals surface area contributed by atoms with Crippen LogP contribution in [0.4, 0.5) is 20.3 Å². The van der Waals surface area contributed by atoms with Crippen molar-refractivity contribution < 1.29 is 8.78 Å². The molecular weight excluding hydrogens is 368 g/mol. The first kappa shape index (κ1) is 17.4. The van der Waals surface area contributed by atoms with E-state index >= 15 is 0 Å². The molecule has 2 heterocycles. The molecule has 0 radical (unpaired) electrons. The third-order valence-electron chi connectivity index (χ3n) is 3.82. The van der Waals surface area contributed by atoms with E-state index < -0.39 is 0 Å². The molecular formula is C19H15F2N5S. The molecule has 1 N–H and O–H groups in total. The smallest absolute Gasteiger partial charge is 0.255 e.